The SMILES string of the molecule is CC(F)(F)c1ccnn1C1CNC1. The summed E-state index contributed by atoms with van der Waals surface area (Å²) in [5, 5.41) is 6.92. The first-order valence-electron chi connectivity index (χ1n) is 4.21. The van der Waals surface area contributed by atoms with E-state index in [1.165, 1.54) is 16.9 Å². The fourth-order valence-electron chi connectivity index (χ4n) is 1.40. The topological polar surface area (TPSA) is 29.9 Å². The van der Waals surface area contributed by atoms with E-state index in [0.717, 1.165) is 20.0 Å². The van der Waals surface area contributed by atoms with Gasteiger partial charge < -0.3 is 5.32 Å². The average molecular weight is 187 g/mol. The minimum absolute atomic E-state index is 0.000926. The summed E-state index contributed by atoms with van der Waals surface area (Å²) in [6.07, 6.45) is 1.42. The summed E-state index contributed by atoms with van der Waals surface area (Å²) in [5.74, 6) is -2.80. The highest BCUT2D eigenvalue weighted by Crippen LogP contribution is 2.28. The second-order valence-corrected chi connectivity index (χ2v) is 3.36. The molecule has 1 N–H and O–H groups in total. The van der Waals surface area contributed by atoms with Crippen molar-refractivity contribution in [3.8, 4) is 0 Å². The van der Waals surface area contributed by atoms with Gasteiger partial charge in [0.2, 0.25) is 0 Å². The van der Waals surface area contributed by atoms with E-state index in [-0.39, 0.29) is 11.7 Å². The van der Waals surface area contributed by atoms with Gasteiger partial charge in [0.1, 0.15) is 5.69 Å². The lowest BCUT2D eigenvalue weighted by molar-refractivity contribution is 0.00477. The maximum absolute atomic E-state index is 13.0. The van der Waals surface area contributed by atoms with Crippen molar-refractivity contribution < 1.29 is 8.78 Å². The van der Waals surface area contributed by atoms with Crippen LogP contribution in [-0.4, -0.2) is 22.9 Å². The van der Waals surface area contributed by atoms with Crippen LogP contribution in [0.25, 0.3) is 0 Å². The minimum atomic E-state index is -2.80. The molecule has 1 saturated heterocycles. The third-order valence-electron chi connectivity index (χ3n) is 2.23. The average Bonchev–Trinajstić information content (AvgIpc) is 2.29. The predicted octanol–water partition coefficient (Wildman–Crippen LogP) is 1.14. The molecule has 2 rings (SSSR count). The summed E-state index contributed by atoms with van der Waals surface area (Å²) in [7, 11) is 0. The molecule has 1 aliphatic rings. The van der Waals surface area contributed by atoms with Crippen LogP contribution in [0.3, 0.4) is 0 Å². The van der Waals surface area contributed by atoms with Crippen molar-refractivity contribution in [3.05, 3.63) is 18.0 Å². The molecule has 0 amide bonds. The first-order valence-corrected chi connectivity index (χ1v) is 4.21. The van der Waals surface area contributed by atoms with Gasteiger partial charge in [0.15, 0.2) is 0 Å². The third-order valence-corrected chi connectivity index (χ3v) is 2.23. The lowest BCUT2D eigenvalue weighted by atomic mass is 10.1. The van der Waals surface area contributed by atoms with Crippen LogP contribution in [0.15, 0.2) is 12.3 Å². The lowest BCUT2D eigenvalue weighted by Gasteiger charge is -2.29. The molecule has 0 atom stereocenters. The molecule has 1 aliphatic heterocycles. The summed E-state index contributed by atoms with van der Waals surface area (Å²) in [4.78, 5) is 0. The monoisotopic (exact) mass is 187 g/mol. The Morgan fingerprint density at radius 3 is 2.77 bits per heavy atom. The Morgan fingerprint density at radius 2 is 2.31 bits per heavy atom. The molecule has 0 aromatic carbocycles. The molecule has 0 spiro atoms. The highest BCUT2D eigenvalue weighted by molar-refractivity contribution is 5.09. The quantitative estimate of drug-likeness (QED) is 0.752. The largest absolute Gasteiger partial charge is 0.312 e. The van der Waals surface area contributed by atoms with Crippen molar-refractivity contribution in [2.45, 2.75) is 18.9 Å². The van der Waals surface area contributed by atoms with E-state index < -0.39 is 5.92 Å². The second kappa shape index (κ2) is 2.77. The van der Waals surface area contributed by atoms with E-state index in [4.69, 9.17) is 0 Å². The first-order chi connectivity index (χ1) is 6.09. The molecule has 5 heteroatoms. The zero-order chi connectivity index (χ0) is 9.47. The highest BCUT2D eigenvalue weighted by atomic mass is 19.3. The van der Waals surface area contributed by atoms with Gasteiger partial charge in [-0.25, -0.2) is 0 Å². The molecule has 1 fully saturated rings. The number of hydrogen-bond donors (Lipinski definition) is 1. The van der Waals surface area contributed by atoms with Crippen LogP contribution in [0.4, 0.5) is 8.78 Å². The smallest absolute Gasteiger partial charge is 0.286 e. The van der Waals surface area contributed by atoms with Gasteiger partial charge in [-0.15, -0.1) is 0 Å². The van der Waals surface area contributed by atoms with E-state index in [9.17, 15) is 8.78 Å². The van der Waals surface area contributed by atoms with Crippen molar-refractivity contribution in [2.24, 2.45) is 0 Å². The van der Waals surface area contributed by atoms with E-state index in [0.29, 0.717) is 0 Å². The van der Waals surface area contributed by atoms with Gasteiger partial charge in [0.05, 0.1) is 6.04 Å². The summed E-state index contributed by atoms with van der Waals surface area (Å²) in [6.45, 7) is 2.35. The summed E-state index contributed by atoms with van der Waals surface area (Å²) in [5.41, 5.74) is -0.000926. The molecular formula is C8H11F2N3. The predicted molar refractivity (Wildman–Crippen MR) is 43.7 cm³/mol. The summed E-state index contributed by atoms with van der Waals surface area (Å²) >= 11 is 0. The van der Waals surface area contributed by atoms with Crippen molar-refractivity contribution in [3.63, 3.8) is 0 Å². The van der Waals surface area contributed by atoms with Gasteiger partial charge in [-0.05, 0) is 6.07 Å². The maximum atomic E-state index is 13.0. The minimum Gasteiger partial charge on any atom is -0.312 e. The first kappa shape index (κ1) is 8.62. The third kappa shape index (κ3) is 1.44. The Kier molecular flexibility index (Phi) is 1.83. The van der Waals surface area contributed by atoms with Crippen LogP contribution in [0.1, 0.15) is 18.7 Å². The van der Waals surface area contributed by atoms with Crippen LogP contribution in [0.2, 0.25) is 0 Å². The fraction of sp³-hybridized carbons (Fsp3) is 0.625. The molecule has 2 heterocycles. The van der Waals surface area contributed by atoms with E-state index in [1.807, 2.05) is 0 Å². The van der Waals surface area contributed by atoms with Crippen molar-refractivity contribution in [1.82, 2.24) is 15.1 Å². The second-order valence-electron chi connectivity index (χ2n) is 3.36. The standard InChI is InChI=1S/C8H11F2N3/c1-8(9,10)7-2-3-12-13(7)6-4-11-5-6/h2-3,6,11H,4-5H2,1H3. The van der Waals surface area contributed by atoms with Gasteiger partial charge >= 0.3 is 0 Å². The Labute approximate surface area is 74.7 Å². The lowest BCUT2D eigenvalue weighted by Crippen LogP contribution is -2.45. The maximum Gasteiger partial charge on any atom is 0.286 e. The van der Waals surface area contributed by atoms with Gasteiger partial charge in [-0.1, -0.05) is 0 Å². The number of nitrogens with one attached hydrogen (secondary N) is 1. The zero-order valence-corrected chi connectivity index (χ0v) is 7.30. The highest BCUT2D eigenvalue weighted by Gasteiger charge is 2.32. The van der Waals surface area contributed by atoms with E-state index >= 15 is 0 Å². The van der Waals surface area contributed by atoms with Crippen LogP contribution in [0, 0.1) is 0 Å². The number of aromatic nitrogens is 2. The number of halogens is 2. The van der Waals surface area contributed by atoms with Crippen LogP contribution < -0.4 is 5.32 Å². The molecule has 0 unspecified atom stereocenters. The summed E-state index contributed by atoms with van der Waals surface area (Å²) in [6, 6.07) is 1.47. The van der Waals surface area contributed by atoms with Crippen LogP contribution >= 0.6 is 0 Å². The number of nitrogens with zero attached hydrogens (tertiary/aromatic N) is 2. The summed E-state index contributed by atoms with van der Waals surface area (Å²) < 4.78 is 27.4. The molecule has 0 aliphatic carbocycles. The number of hydrogen-bond acceptors (Lipinski definition) is 2. The van der Waals surface area contributed by atoms with Gasteiger partial charge in [-0.2, -0.15) is 13.9 Å². The van der Waals surface area contributed by atoms with Crippen molar-refractivity contribution >= 4 is 0 Å². The Bertz CT molecular complexity index is 299. The molecule has 13 heavy (non-hydrogen) atoms. The molecule has 0 radical (unpaired) electrons. The number of rotatable bonds is 2. The Morgan fingerprint density at radius 1 is 1.62 bits per heavy atom. The molecule has 1 aromatic heterocycles. The van der Waals surface area contributed by atoms with Gasteiger partial charge in [0.25, 0.3) is 5.92 Å². The van der Waals surface area contributed by atoms with Crippen molar-refractivity contribution in [2.75, 3.05) is 13.1 Å². The molecule has 3 nitrogen and oxygen atoms in total. The Balaban J connectivity index is 2.30. The van der Waals surface area contributed by atoms with Gasteiger partial charge in [-0.3, -0.25) is 4.68 Å². The molecule has 0 bridgehead atoms. The van der Waals surface area contributed by atoms with Crippen LogP contribution in [-0.2, 0) is 5.92 Å². The Hall–Kier alpha value is -0.970. The van der Waals surface area contributed by atoms with E-state index in [1.54, 1.807) is 0 Å². The molecule has 0 saturated carbocycles. The fourth-order valence-corrected chi connectivity index (χ4v) is 1.40. The molecule has 1 aromatic rings. The molecule has 72 valence electrons. The normalized spacial score (nSPS) is 18.7. The van der Waals surface area contributed by atoms with Crippen molar-refractivity contribution in [1.29, 1.82) is 0 Å². The van der Waals surface area contributed by atoms with Crippen LogP contribution in [0.5, 0.6) is 0 Å². The molecular weight excluding hydrogens is 176 g/mol. The zero-order valence-electron chi connectivity index (χ0n) is 7.30. The van der Waals surface area contributed by atoms with E-state index in [2.05, 4.69) is 10.4 Å². The van der Waals surface area contributed by atoms with Gasteiger partial charge in [0, 0.05) is 26.2 Å². The number of alkyl halides is 2.